The largest absolute Gasteiger partial charge is 0.383 e. The average molecular weight is 195 g/mol. The summed E-state index contributed by atoms with van der Waals surface area (Å²) in [6.45, 7) is 5.52. The minimum atomic E-state index is -0.530. The molecular weight excluding hydrogens is 181 g/mol. The number of rotatable bonds is 3. The lowest BCUT2D eigenvalue weighted by molar-refractivity contribution is 0.621. The number of pyridine rings is 1. The summed E-state index contributed by atoms with van der Waals surface area (Å²) < 4.78 is 13.5. The third-order valence-corrected chi connectivity index (χ3v) is 2.04. The number of nitrogen functional groups attached to an aromatic ring is 2. The molecule has 0 unspecified atom stereocenters. The highest BCUT2D eigenvalue weighted by Gasteiger charge is 2.13. The summed E-state index contributed by atoms with van der Waals surface area (Å²) in [6.07, 6.45) is 2.97. The molecule has 0 radical (unpaired) electrons. The molecule has 0 amide bonds. The van der Waals surface area contributed by atoms with Crippen molar-refractivity contribution in [1.82, 2.24) is 4.98 Å². The Morgan fingerprint density at radius 2 is 2.07 bits per heavy atom. The summed E-state index contributed by atoms with van der Waals surface area (Å²) in [6, 6.07) is 0. The van der Waals surface area contributed by atoms with Crippen LogP contribution in [-0.2, 0) is 6.42 Å². The van der Waals surface area contributed by atoms with Crippen molar-refractivity contribution in [2.75, 3.05) is 11.5 Å². The zero-order valence-electron chi connectivity index (χ0n) is 8.18. The van der Waals surface area contributed by atoms with Crippen molar-refractivity contribution >= 4 is 17.7 Å². The molecule has 0 atom stereocenters. The van der Waals surface area contributed by atoms with E-state index in [1.54, 1.807) is 0 Å². The van der Waals surface area contributed by atoms with Crippen LogP contribution in [0.3, 0.4) is 0 Å². The van der Waals surface area contributed by atoms with Gasteiger partial charge in [0.25, 0.3) is 0 Å². The third kappa shape index (κ3) is 1.69. The standard InChI is InChI=1S/C10H14FN3/c1-3-5-7-6(4-2)8(11)10(13)14-9(7)12/h4H,2-3,5H2,1H3,(H4,12,13,14). The summed E-state index contributed by atoms with van der Waals surface area (Å²) in [5.74, 6) is -0.407. The van der Waals surface area contributed by atoms with Crippen LogP contribution >= 0.6 is 0 Å². The second-order valence-electron chi connectivity index (χ2n) is 3.04. The van der Waals surface area contributed by atoms with E-state index in [9.17, 15) is 4.39 Å². The number of nitrogens with zero attached hydrogens (tertiary/aromatic N) is 1. The Morgan fingerprint density at radius 3 is 2.57 bits per heavy atom. The molecule has 0 aliphatic rings. The molecule has 0 aromatic carbocycles. The first kappa shape index (κ1) is 10.5. The van der Waals surface area contributed by atoms with Gasteiger partial charge in [0.1, 0.15) is 5.82 Å². The number of hydrogen-bond acceptors (Lipinski definition) is 3. The van der Waals surface area contributed by atoms with Gasteiger partial charge in [0.2, 0.25) is 0 Å². The van der Waals surface area contributed by atoms with Gasteiger partial charge < -0.3 is 11.5 Å². The number of nitrogens with two attached hydrogens (primary N) is 2. The second kappa shape index (κ2) is 4.09. The highest BCUT2D eigenvalue weighted by atomic mass is 19.1. The molecular formula is C10H14FN3. The zero-order valence-corrected chi connectivity index (χ0v) is 8.18. The van der Waals surface area contributed by atoms with E-state index in [1.807, 2.05) is 6.92 Å². The first-order chi connectivity index (χ1) is 6.61. The van der Waals surface area contributed by atoms with Crippen molar-refractivity contribution in [2.45, 2.75) is 19.8 Å². The fraction of sp³-hybridized carbons (Fsp3) is 0.300. The van der Waals surface area contributed by atoms with Gasteiger partial charge in [-0.25, -0.2) is 9.37 Å². The van der Waals surface area contributed by atoms with Gasteiger partial charge in [-0.3, -0.25) is 0 Å². The molecule has 0 saturated heterocycles. The molecule has 0 saturated carbocycles. The van der Waals surface area contributed by atoms with E-state index >= 15 is 0 Å². The van der Waals surface area contributed by atoms with Crippen LogP contribution < -0.4 is 11.5 Å². The minimum Gasteiger partial charge on any atom is -0.383 e. The highest BCUT2D eigenvalue weighted by molar-refractivity contribution is 5.64. The van der Waals surface area contributed by atoms with Gasteiger partial charge in [-0.1, -0.05) is 26.0 Å². The number of hydrogen-bond donors (Lipinski definition) is 2. The van der Waals surface area contributed by atoms with Gasteiger partial charge >= 0.3 is 0 Å². The van der Waals surface area contributed by atoms with E-state index in [2.05, 4.69) is 11.6 Å². The van der Waals surface area contributed by atoms with E-state index < -0.39 is 5.82 Å². The molecule has 1 aromatic heterocycles. The van der Waals surface area contributed by atoms with Crippen LogP contribution in [0, 0.1) is 5.82 Å². The monoisotopic (exact) mass is 195 g/mol. The smallest absolute Gasteiger partial charge is 0.172 e. The van der Waals surface area contributed by atoms with Crippen LogP contribution in [0.5, 0.6) is 0 Å². The van der Waals surface area contributed by atoms with E-state index in [-0.39, 0.29) is 5.82 Å². The molecule has 3 nitrogen and oxygen atoms in total. The molecule has 1 rings (SSSR count). The Bertz CT molecular complexity index is 361. The van der Waals surface area contributed by atoms with Gasteiger partial charge in [-0.05, 0) is 6.42 Å². The Labute approximate surface area is 82.6 Å². The van der Waals surface area contributed by atoms with Crippen LogP contribution in [0.25, 0.3) is 6.08 Å². The third-order valence-electron chi connectivity index (χ3n) is 2.04. The molecule has 0 aliphatic heterocycles. The predicted octanol–water partition coefficient (Wildman–Crippen LogP) is 1.98. The molecule has 4 N–H and O–H groups in total. The van der Waals surface area contributed by atoms with Gasteiger partial charge in [0.05, 0.1) is 0 Å². The molecule has 14 heavy (non-hydrogen) atoms. The van der Waals surface area contributed by atoms with Crippen LogP contribution in [-0.4, -0.2) is 4.98 Å². The van der Waals surface area contributed by atoms with Gasteiger partial charge in [0, 0.05) is 11.1 Å². The van der Waals surface area contributed by atoms with E-state index in [1.165, 1.54) is 6.08 Å². The van der Waals surface area contributed by atoms with Crippen LogP contribution in [0.1, 0.15) is 24.5 Å². The van der Waals surface area contributed by atoms with Gasteiger partial charge in [-0.15, -0.1) is 0 Å². The fourth-order valence-corrected chi connectivity index (χ4v) is 1.38. The molecule has 1 heterocycles. The van der Waals surface area contributed by atoms with Gasteiger partial charge in [-0.2, -0.15) is 0 Å². The second-order valence-corrected chi connectivity index (χ2v) is 3.04. The van der Waals surface area contributed by atoms with E-state index in [4.69, 9.17) is 11.5 Å². The van der Waals surface area contributed by atoms with Crippen LogP contribution in [0.15, 0.2) is 6.58 Å². The normalized spacial score (nSPS) is 10.1. The van der Waals surface area contributed by atoms with Crippen LogP contribution in [0.2, 0.25) is 0 Å². The maximum atomic E-state index is 13.5. The zero-order chi connectivity index (χ0) is 10.7. The number of aromatic nitrogens is 1. The first-order valence-electron chi connectivity index (χ1n) is 4.47. The Morgan fingerprint density at radius 1 is 1.43 bits per heavy atom. The van der Waals surface area contributed by atoms with Crippen molar-refractivity contribution in [3.63, 3.8) is 0 Å². The summed E-state index contributed by atoms with van der Waals surface area (Å²) in [4.78, 5) is 3.73. The molecule has 76 valence electrons. The van der Waals surface area contributed by atoms with Crippen molar-refractivity contribution in [3.05, 3.63) is 23.5 Å². The van der Waals surface area contributed by atoms with Crippen molar-refractivity contribution in [3.8, 4) is 0 Å². The Balaban J connectivity index is 3.38. The maximum absolute atomic E-state index is 13.5. The summed E-state index contributed by atoms with van der Waals surface area (Å²) in [5, 5.41) is 0. The molecule has 0 fully saturated rings. The minimum absolute atomic E-state index is 0.169. The first-order valence-corrected chi connectivity index (χ1v) is 4.47. The van der Waals surface area contributed by atoms with Crippen LogP contribution in [0.4, 0.5) is 16.0 Å². The maximum Gasteiger partial charge on any atom is 0.172 e. The number of anilines is 2. The predicted molar refractivity (Wildman–Crippen MR) is 57.1 cm³/mol. The lowest BCUT2D eigenvalue weighted by Crippen LogP contribution is -2.07. The summed E-state index contributed by atoms with van der Waals surface area (Å²) >= 11 is 0. The molecule has 4 heteroatoms. The van der Waals surface area contributed by atoms with Crippen molar-refractivity contribution in [1.29, 1.82) is 0 Å². The van der Waals surface area contributed by atoms with Crippen molar-refractivity contribution < 1.29 is 4.39 Å². The Hall–Kier alpha value is -1.58. The van der Waals surface area contributed by atoms with Crippen molar-refractivity contribution in [2.24, 2.45) is 0 Å². The van der Waals surface area contributed by atoms with E-state index in [0.29, 0.717) is 23.4 Å². The lowest BCUT2D eigenvalue weighted by Gasteiger charge is -2.10. The quantitative estimate of drug-likeness (QED) is 0.775. The molecule has 0 aliphatic carbocycles. The Kier molecular flexibility index (Phi) is 3.06. The van der Waals surface area contributed by atoms with E-state index in [0.717, 1.165) is 6.42 Å². The SMILES string of the molecule is C=Cc1c(F)c(N)nc(N)c1CCC. The molecule has 0 bridgehead atoms. The lowest BCUT2D eigenvalue weighted by atomic mass is 10.0. The fourth-order valence-electron chi connectivity index (χ4n) is 1.38. The average Bonchev–Trinajstić information content (AvgIpc) is 2.15. The highest BCUT2D eigenvalue weighted by Crippen LogP contribution is 2.24. The number of halogens is 1. The summed E-state index contributed by atoms with van der Waals surface area (Å²) in [7, 11) is 0. The molecule has 1 aromatic rings. The summed E-state index contributed by atoms with van der Waals surface area (Å²) in [5.41, 5.74) is 12.1. The van der Waals surface area contributed by atoms with Gasteiger partial charge in [0.15, 0.2) is 11.6 Å². The topological polar surface area (TPSA) is 64.9 Å². The molecule has 0 spiro atoms.